The maximum atomic E-state index is 5.08. The van der Waals surface area contributed by atoms with Gasteiger partial charge in [0.1, 0.15) is 0 Å². The van der Waals surface area contributed by atoms with Crippen molar-refractivity contribution in [2.45, 2.75) is 60.9 Å². The van der Waals surface area contributed by atoms with Gasteiger partial charge in [-0.3, -0.25) is 0 Å². The molecule has 1 aliphatic rings. The molecule has 1 rings (SSSR count). The highest BCUT2D eigenvalue weighted by Crippen LogP contribution is 2.11. The smallest absolute Gasteiger partial charge is 0.0860 e. The van der Waals surface area contributed by atoms with Crippen LogP contribution in [0.15, 0.2) is 12.3 Å². The van der Waals surface area contributed by atoms with E-state index < -0.39 is 0 Å². The van der Waals surface area contributed by atoms with Gasteiger partial charge >= 0.3 is 0 Å². The molecule has 1 aliphatic heterocycles. The Labute approximate surface area is 102 Å². The second-order valence-electron chi connectivity index (χ2n) is 4.22. The van der Waals surface area contributed by atoms with Gasteiger partial charge in [0.25, 0.3) is 0 Å². The number of rotatable bonds is 1. The summed E-state index contributed by atoms with van der Waals surface area (Å²) in [7, 11) is 0. The van der Waals surface area contributed by atoms with Gasteiger partial charge in [-0.2, -0.15) is 0 Å². The van der Waals surface area contributed by atoms with E-state index >= 15 is 0 Å². The Hall–Kier alpha value is -0.370. The van der Waals surface area contributed by atoms with Gasteiger partial charge in [-0.25, -0.2) is 0 Å². The minimum absolute atomic E-state index is 0.524. The van der Waals surface area contributed by atoms with Gasteiger partial charge < -0.3 is 4.90 Å². The first-order valence-corrected chi connectivity index (χ1v) is 6.33. The predicted molar refractivity (Wildman–Crippen MR) is 75.2 cm³/mol. The molecule has 0 saturated carbocycles. The topological polar surface area (TPSA) is 3.24 Å². The lowest BCUT2D eigenvalue weighted by Crippen LogP contribution is -2.26. The minimum Gasteiger partial charge on any atom is -0.340 e. The van der Waals surface area contributed by atoms with Gasteiger partial charge in [-0.05, 0) is 19.8 Å². The first-order chi connectivity index (χ1) is 6.95. The quantitative estimate of drug-likeness (QED) is 0.603. The Kier molecular flexibility index (Phi) is 11.5. The van der Waals surface area contributed by atoms with E-state index in [0.717, 1.165) is 17.3 Å². The number of thiocarbonyl (C=S) groups is 1. The molecule has 0 radical (unpaired) electrons. The molecule has 1 heterocycles. The molecule has 0 fully saturated rings. The van der Waals surface area contributed by atoms with Crippen molar-refractivity contribution in [1.82, 2.24) is 4.90 Å². The summed E-state index contributed by atoms with van der Waals surface area (Å²) in [5.41, 5.74) is 0. The van der Waals surface area contributed by atoms with Crippen LogP contribution in [0.1, 0.15) is 54.9 Å². The summed E-state index contributed by atoms with van der Waals surface area (Å²) in [5.74, 6) is 0.833. The SMILES string of the molecule is CC.CC(C)C.CC(C)N1C=CCC1=S. The zero-order valence-corrected chi connectivity index (χ0v) is 12.2. The van der Waals surface area contributed by atoms with Crippen LogP contribution in [0.2, 0.25) is 0 Å². The van der Waals surface area contributed by atoms with Crippen LogP contribution in [0, 0.1) is 5.92 Å². The number of nitrogens with zero attached hydrogens (tertiary/aromatic N) is 1. The molecule has 0 atom stereocenters. The normalized spacial score (nSPS) is 13.7. The Balaban J connectivity index is 0. The first kappa shape index (κ1) is 17.0. The second kappa shape index (κ2) is 10.2. The molecule has 0 N–H and O–H groups in total. The third-order valence-electron chi connectivity index (χ3n) is 1.40. The lowest BCUT2D eigenvalue weighted by Gasteiger charge is -2.19. The fourth-order valence-corrected chi connectivity index (χ4v) is 1.28. The Morgan fingerprint density at radius 3 is 1.67 bits per heavy atom. The van der Waals surface area contributed by atoms with Crippen LogP contribution >= 0.6 is 12.2 Å². The molecule has 0 unspecified atom stereocenters. The van der Waals surface area contributed by atoms with Crippen molar-refractivity contribution in [3.8, 4) is 0 Å². The van der Waals surface area contributed by atoms with Crippen molar-refractivity contribution in [2.75, 3.05) is 0 Å². The van der Waals surface area contributed by atoms with E-state index in [1.807, 2.05) is 13.8 Å². The van der Waals surface area contributed by atoms with E-state index in [1.54, 1.807) is 0 Å². The van der Waals surface area contributed by atoms with E-state index in [1.165, 1.54) is 0 Å². The number of hydrogen-bond donors (Lipinski definition) is 0. The van der Waals surface area contributed by atoms with Crippen molar-refractivity contribution in [3.05, 3.63) is 12.3 Å². The van der Waals surface area contributed by atoms with Crippen LogP contribution in [0.3, 0.4) is 0 Å². The van der Waals surface area contributed by atoms with Gasteiger partial charge in [0.15, 0.2) is 0 Å². The van der Waals surface area contributed by atoms with Gasteiger partial charge in [0, 0.05) is 18.7 Å². The molecule has 1 nitrogen and oxygen atoms in total. The highest BCUT2D eigenvalue weighted by Gasteiger charge is 2.12. The highest BCUT2D eigenvalue weighted by molar-refractivity contribution is 7.80. The third kappa shape index (κ3) is 9.92. The number of hydrogen-bond acceptors (Lipinski definition) is 1. The van der Waals surface area contributed by atoms with Crippen LogP contribution in [-0.4, -0.2) is 15.9 Å². The van der Waals surface area contributed by atoms with Crippen LogP contribution in [0.5, 0.6) is 0 Å². The van der Waals surface area contributed by atoms with Gasteiger partial charge in [-0.15, -0.1) is 0 Å². The molecular weight excluding hydrogens is 202 g/mol. The molecule has 0 bridgehead atoms. The summed E-state index contributed by atoms with van der Waals surface area (Å²) in [4.78, 5) is 3.17. The monoisotopic (exact) mass is 229 g/mol. The van der Waals surface area contributed by atoms with Crippen molar-refractivity contribution in [1.29, 1.82) is 0 Å². The Bertz CT molecular complexity index is 180. The van der Waals surface area contributed by atoms with E-state index in [4.69, 9.17) is 12.2 Å². The van der Waals surface area contributed by atoms with Gasteiger partial charge in [-0.1, -0.05) is 52.9 Å². The van der Waals surface area contributed by atoms with Gasteiger partial charge in [0.2, 0.25) is 0 Å². The third-order valence-corrected chi connectivity index (χ3v) is 1.78. The molecule has 0 amide bonds. The molecule has 15 heavy (non-hydrogen) atoms. The Morgan fingerprint density at radius 2 is 1.53 bits per heavy atom. The van der Waals surface area contributed by atoms with Crippen molar-refractivity contribution in [2.24, 2.45) is 5.92 Å². The van der Waals surface area contributed by atoms with Crippen LogP contribution in [0.25, 0.3) is 0 Å². The molecular formula is C13H27NS. The predicted octanol–water partition coefficient (Wildman–Crippen LogP) is 4.63. The van der Waals surface area contributed by atoms with Crippen LogP contribution < -0.4 is 0 Å². The highest BCUT2D eigenvalue weighted by atomic mass is 32.1. The largest absolute Gasteiger partial charge is 0.340 e. The zero-order chi connectivity index (χ0) is 12.4. The molecule has 0 aliphatic carbocycles. The summed E-state index contributed by atoms with van der Waals surface area (Å²) >= 11 is 5.08. The minimum atomic E-state index is 0.524. The fourth-order valence-electron chi connectivity index (χ4n) is 0.916. The average molecular weight is 229 g/mol. The lowest BCUT2D eigenvalue weighted by molar-refractivity contribution is 0.471. The lowest BCUT2D eigenvalue weighted by atomic mass is 10.3. The molecule has 2 heteroatoms. The summed E-state index contributed by atoms with van der Waals surface area (Å²) < 4.78 is 0. The molecule has 0 aromatic heterocycles. The standard InChI is InChI=1S/C7H11NS.C4H10.C2H6/c1-6(2)8-5-3-4-7(8)9;1-4(2)3;1-2/h3,5-6H,4H2,1-2H3;4H,1-3H3;1-2H3. The summed E-state index contributed by atoms with van der Waals surface area (Å²) in [6, 6.07) is 0.524. The van der Waals surface area contributed by atoms with Crippen LogP contribution in [0.4, 0.5) is 0 Å². The molecule has 0 saturated heterocycles. The second-order valence-corrected chi connectivity index (χ2v) is 4.69. The zero-order valence-electron chi connectivity index (χ0n) is 11.4. The van der Waals surface area contributed by atoms with Crippen molar-refractivity contribution < 1.29 is 0 Å². The van der Waals surface area contributed by atoms with E-state index in [9.17, 15) is 0 Å². The van der Waals surface area contributed by atoms with Crippen molar-refractivity contribution in [3.63, 3.8) is 0 Å². The maximum absolute atomic E-state index is 5.08. The van der Waals surface area contributed by atoms with Crippen LogP contribution in [-0.2, 0) is 0 Å². The maximum Gasteiger partial charge on any atom is 0.0860 e. The molecule has 0 aromatic rings. The Morgan fingerprint density at radius 1 is 1.13 bits per heavy atom. The molecule has 0 spiro atoms. The van der Waals surface area contributed by atoms with E-state index in [0.29, 0.717) is 6.04 Å². The summed E-state index contributed by atoms with van der Waals surface area (Å²) in [5, 5.41) is 0. The first-order valence-electron chi connectivity index (χ1n) is 5.93. The molecule has 90 valence electrons. The van der Waals surface area contributed by atoms with E-state index in [-0.39, 0.29) is 0 Å². The molecule has 0 aromatic carbocycles. The summed E-state index contributed by atoms with van der Waals surface area (Å²) in [6.07, 6.45) is 5.11. The van der Waals surface area contributed by atoms with E-state index in [2.05, 4.69) is 51.8 Å². The fraction of sp³-hybridized carbons (Fsp3) is 0.769. The van der Waals surface area contributed by atoms with Gasteiger partial charge in [0.05, 0.1) is 4.99 Å². The summed E-state index contributed by atoms with van der Waals surface area (Å²) in [6.45, 7) is 14.8. The van der Waals surface area contributed by atoms with Crippen molar-refractivity contribution >= 4 is 17.2 Å². The average Bonchev–Trinajstić information content (AvgIpc) is 2.54.